The first-order valence-corrected chi connectivity index (χ1v) is 7.65. The molecule has 2 rings (SSSR count). The molecule has 2 aromatic carbocycles. The zero-order valence-corrected chi connectivity index (χ0v) is 13.8. The minimum absolute atomic E-state index is 0.0297. The molecule has 0 aliphatic heterocycles. The number of ether oxygens (including phenoxy) is 1. The van der Waals surface area contributed by atoms with E-state index in [9.17, 15) is 27.5 Å². The molecular weight excluding hydrogens is 354 g/mol. The number of benzene rings is 2. The number of hydrogen-bond donors (Lipinski definition) is 2. The zero-order valence-electron chi connectivity index (χ0n) is 13.8. The van der Waals surface area contributed by atoms with Gasteiger partial charge in [-0.05, 0) is 47.9 Å². The van der Waals surface area contributed by atoms with E-state index in [2.05, 4.69) is 5.32 Å². The van der Waals surface area contributed by atoms with E-state index in [1.807, 2.05) is 0 Å². The monoisotopic (exact) mass is 371 g/mol. The third-order valence-corrected chi connectivity index (χ3v) is 3.73. The van der Waals surface area contributed by atoms with E-state index in [4.69, 9.17) is 4.74 Å². The average Bonchev–Trinajstić information content (AvgIpc) is 2.58. The highest BCUT2D eigenvalue weighted by Crippen LogP contribution is 2.32. The minimum atomic E-state index is -4.54. The second kappa shape index (κ2) is 8.18. The van der Waals surface area contributed by atoms with Gasteiger partial charge in [-0.25, -0.2) is 4.39 Å². The van der Waals surface area contributed by atoms with Gasteiger partial charge in [0.1, 0.15) is 17.6 Å². The maximum absolute atomic E-state index is 12.9. The van der Waals surface area contributed by atoms with E-state index in [0.717, 1.165) is 12.1 Å². The summed E-state index contributed by atoms with van der Waals surface area (Å²) < 4.78 is 56.6. The Kier molecular flexibility index (Phi) is 6.20. The van der Waals surface area contributed by atoms with Crippen molar-refractivity contribution in [1.82, 2.24) is 5.32 Å². The molecule has 0 saturated heterocycles. The molecule has 4 nitrogen and oxygen atoms in total. The van der Waals surface area contributed by atoms with E-state index in [1.54, 1.807) is 0 Å². The van der Waals surface area contributed by atoms with Gasteiger partial charge in [-0.3, -0.25) is 4.79 Å². The summed E-state index contributed by atoms with van der Waals surface area (Å²) in [4.78, 5) is 11.4. The summed E-state index contributed by atoms with van der Waals surface area (Å²) in [5.74, 6) is -1.57. The Hall–Kier alpha value is -2.61. The van der Waals surface area contributed by atoms with Crippen LogP contribution in [0.2, 0.25) is 0 Å². The smallest absolute Gasteiger partial charge is 0.416 e. The van der Waals surface area contributed by atoms with Gasteiger partial charge in [0, 0.05) is 6.54 Å². The van der Waals surface area contributed by atoms with Crippen LogP contribution in [0.5, 0.6) is 5.75 Å². The molecule has 0 saturated carbocycles. The molecule has 1 atom stereocenters. The number of alkyl halides is 3. The molecule has 140 valence electrons. The van der Waals surface area contributed by atoms with Crippen molar-refractivity contribution < 1.29 is 32.2 Å². The number of aliphatic carboxylic acids is 1. The molecule has 0 radical (unpaired) electrons. The van der Waals surface area contributed by atoms with Crippen molar-refractivity contribution in [3.8, 4) is 5.75 Å². The standard InChI is InChI=1S/C18H17F4NO3/c1-26-15-7-12(6-13(9-15)18(20,21)22)10-23-16(17(24)25)8-11-2-4-14(19)5-3-11/h2-7,9,16,23H,8,10H2,1H3,(H,24,25). The molecule has 1 unspecified atom stereocenters. The minimum Gasteiger partial charge on any atom is -0.497 e. The van der Waals surface area contributed by atoms with E-state index < -0.39 is 29.6 Å². The van der Waals surface area contributed by atoms with Crippen LogP contribution in [0, 0.1) is 5.82 Å². The van der Waals surface area contributed by atoms with Gasteiger partial charge in [-0.15, -0.1) is 0 Å². The van der Waals surface area contributed by atoms with Gasteiger partial charge in [-0.1, -0.05) is 12.1 Å². The lowest BCUT2D eigenvalue weighted by atomic mass is 10.0. The van der Waals surface area contributed by atoms with Crippen LogP contribution >= 0.6 is 0 Å². The van der Waals surface area contributed by atoms with Crippen LogP contribution in [0.15, 0.2) is 42.5 Å². The molecule has 0 amide bonds. The second-order valence-electron chi connectivity index (χ2n) is 5.67. The highest BCUT2D eigenvalue weighted by atomic mass is 19.4. The van der Waals surface area contributed by atoms with E-state index >= 15 is 0 Å². The molecule has 0 bridgehead atoms. The predicted molar refractivity (Wildman–Crippen MR) is 86.4 cm³/mol. The molecule has 26 heavy (non-hydrogen) atoms. The van der Waals surface area contributed by atoms with E-state index in [0.29, 0.717) is 5.56 Å². The summed E-state index contributed by atoms with van der Waals surface area (Å²) in [6.45, 7) is -0.0988. The van der Waals surface area contributed by atoms with Crippen LogP contribution in [0.4, 0.5) is 17.6 Å². The number of nitrogens with one attached hydrogen (secondary N) is 1. The lowest BCUT2D eigenvalue weighted by Gasteiger charge is -2.16. The summed E-state index contributed by atoms with van der Waals surface area (Å²) in [7, 11) is 1.25. The Morgan fingerprint density at radius 2 is 1.81 bits per heavy atom. The summed E-state index contributed by atoms with van der Waals surface area (Å²) in [6.07, 6.45) is -4.48. The highest BCUT2D eigenvalue weighted by molar-refractivity contribution is 5.73. The van der Waals surface area contributed by atoms with Crippen LogP contribution in [0.1, 0.15) is 16.7 Å². The van der Waals surface area contributed by atoms with Crippen LogP contribution in [0.25, 0.3) is 0 Å². The Morgan fingerprint density at radius 3 is 2.35 bits per heavy atom. The SMILES string of the molecule is COc1cc(CNC(Cc2ccc(F)cc2)C(=O)O)cc(C(F)(F)F)c1. The second-order valence-corrected chi connectivity index (χ2v) is 5.67. The predicted octanol–water partition coefficient (Wildman–Crippen LogP) is 3.64. The molecule has 2 aromatic rings. The molecular formula is C18H17F4NO3. The largest absolute Gasteiger partial charge is 0.497 e. The van der Waals surface area contributed by atoms with Crippen LogP contribution in [0.3, 0.4) is 0 Å². The fourth-order valence-corrected chi connectivity index (χ4v) is 2.39. The molecule has 0 fully saturated rings. The van der Waals surface area contributed by atoms with Crippen molar-refractivity contribution >= 4 is 5.97 Å². The molecule has 0 aliphatic rings. The quantitative estimate of drug-likeness (QED) is 0.730. The molecule has 8 heteroatoms. The number of rotatable bonds is 7. The number of carboxylic acids is 1. The van der Waals surface area contributed by atoms with Crippen molar-refractivity contribution in [1.29, 1.82) is 0 Å². The van der Waals surface area contributed by atoms with Gasteiger partial charge < -0.3 is 15.2 Å². The van der Waals surface area contributed by atoms with Crippen LogP contribution < -0.4 is 10.1 Å². The van der Waals surface area contributed by atoms with Crippen molar-refractivity contribution in [3.63, 3.8) is 0 Å². The van der Waals surface area contributed by atoms with Crippen LogP contribution in [-0.4, -0.2) is 24.2 Å². The van der Waals surface area contributed by atoms with E-state index in [-0.39, 0.29) is 24.3 Å². The first-order valence-electron chi connectivity index (χ1n) is 7.65. The van der Waals surface area contributed by atoms with Crippen molar-refractivity contribution in [2.45, 2.75) is 25.2 Å². The zero-order chi connectivity index (χ0) is 19.3. The lowest BCUT2D eigenvalue weighted by molar-refractivity contribution is -0.140. The van der Waals surface area contributed by atoms with Gasteiger partial charge in [0.15, 0.2) is 0 Å². The average molecular weight is 371 g/mol. The number of carbonyl (C=O) groups is 1. The van der Waals surface area contributed by atoms with Gasteiger partial charge >= 0.3 is 12.1 Å². The Balaban J connectivity index is 2.13. The number of halogens is 4. The molecule has 0 aromatic heterocycles. The Labute approximate surface area is 147 Å². The van der Waals surface area contributed by atoms with Gasteiger partial charge in [0.25, 0.3) is 0 Å². The van der Waals surface area contributed by atoms with Crippen molar-refractivity contribution in [2.24, 2.45) is 0 Å². The fourth-order valence-electron chi connectivity index (χ4n) is 2.39. The van der Waals surface area contributed by atoms with Crippen molar-refractivity contribution in [2.75, 3.05) is 7.11 Å². The Bertz CT molecular complexity index is 760. The summed E-state index contributed by atoms with van der Waals surface area (Å²) in [6, 6.07) is 7.52. The molecule has 0 aliphatic carbocycles. The van der Waals surface area contributed by atoms with Crippen molar-refractivity contribution in [3.05, 3.63) is 65.0 Å². The summed E-state index contributed by atoms with van der Waals surface area (Å²) in [5, 5.41) is 12.0. The fraction of sp³-hybridized carbons (Fsp3) is 0.278. The third kappa shape index (κ3) is 5.45. The molecule has 0 spiro atoms. The summed E-state index contributed by atoms with van der Waals surface area (Å²) in [5.41, 5.74) is -0.0472. The van der Waals surface area contributed by atoms with Gasteiger partial charge in [-0.2, -0.15) is 13.2 Å². The number of methoxy groups -OCH3 is 1. The number of carboxylic acid groups (broad SMARTS) is 1. The normalized spacial score (nSPS) is 12.7. The van der Waals surface area contributed by atoms with E-state index in [1.165, 1.54) is 37.4 Å². The van der Waals surface area contributed by atoms with Gasteiger partial charge in [0.2, 0.25) is 0 Å². The van der Waals surface area contributed by atoms with Gasteiger partial charge in [0.05, 0.1) is 12.7 Å². The maximum atomic E-state index is 12.9. The topological polar surface area (TPSA) is 58.6 Å². The lowest BCUT2D eigenvalue weighted by Crippen LogP contribution is -2.38. The third-order valence-electron chi connectivity index (χ3n) is 3.73. The molecule has 2 N–H and O–H groups in total. The first kappa shape index (κ1) is 19.7. The molecule has 0 heterocycles. The maximum Gasteiger partial charge on any atom is 0.416 e. The Morgan fingerprint density at radius 1 is 1.15 bits per heavy atom. The highest BCUT2D eigenvalue weighted by Gasteiger charge is 2.31. The van der Waals surface area contributed by atoms with Crippen LogP contribution in [-0.2, 0) is 23.9 Å². The summed E-state index contributed by atoms with van der Waals surface area (Å²) >= 11 is 0. The number of hydrogen-bond acceptors (Lipinski definition) is 3. The first-order chi connectivity index (χ1) is 12.2.